The van der Waals surface area contributed by atoms with Gasteiger partial charge in [-0.05, 0) is 64.0 Å². The van der Waals surface area contributed by atoms with Crippen LogP contribution in [0.4, 0.5) is 0 Å². The molecule has 0 radical (unpaired) electrons. The summed E-state index contributed by atoms with van der Waals surface area (Å²) in [6.45, 7) is 4.82. The van der Waals surface area contributed by atoms with Gasteiger partial charge in [0.05, 0.1) is 6.61 Å². The third-order valence-electron chi connectivity index (χ3n) is 5.19. The van der Waals surface area contributed by atoms with Crippen LogP contribution < -0.4 is 4.74 Å². The Morgan fingerprint density at radius 3 is 2.36 bits per heavy atom. The second-order valence-corrected chi connectivity index (χ2v) is 8.26. The van der Waals surface area contributed by atoms with Crippen LogP contribution in [0.3, 0.4) is 0 Å². The van der Waals surface area contributed by atoms with E-state index in [0.29, 0.717) is 5.06 Å². The first-order valence-electron chi connectivity index (χ1n) is 9.64. The number of esters is 1. The van der Waals surface area contributed by atoms with Gasteiger partial charge in [-0.15, -0.1) is 11.3 Å². The van der Waals surface area contributed by atoms with Crippen LogP contribution in [0.15, 0.2) is 12.1 Å². The zero-order valence-electron chi connectivity index (χ0n) is 15.0. The van der Waals surface area contributed by atoms with Crippen molar-refractivity contribution in [3.8, 4) is 5.06 Å². The largest absolute Gasteiger partial charge is 0.414 e. The molecule has 25 heavy (non-hydrogen) atoms. The van der Waals surface area contributed by atoms with Gasteiger partial charge in [0.15, 0.2) is 5.06 Å². The van der Waals surface area contributed by atoms with Gasteiger partial charge in [-0.3, -0.25) is 9.80 Å². The maximum Gasteiger partial charge on any atom is 0.331 e. The standard InChI is InChI=1S/C19H30N2O3S/c22-15-17(21-12-6-3-7-13-21)19(23)24-18-9-8-16(25-18)14-20-10-4-1-2-5-11-20/h8-9,17,22H,1-7,10-15H2. The number of carbonyl (C=O) groups excluding carboxylic acids is 1. The Morgan fingerprint density at radius 1 is 1.04 bits per heavy atom. The molecule has 1 aromatic rings. The van der Waals surface area contributed by atoms with Crippen LogP contribution in [0.2, 0.25) is 0 Å². The topological polar surface area (TPSA) is 53.0 Å². The smallest absolute Gasteiger partial charge is 0.331 e. The lowest BCUT2D eigenvalue weighted by molar-refractivity contribution is -0.142. The third-order valence-corrected chi connectivity index (χ3v) is 6.14. The van der Waals surface area contributed by atoms with E-state index in [4.69, 9.17) is 4.74 Å². The van der Waals surface area contributed by atoms with Gasteiger partial charge in [-0.1, -0.05) is 19.3 Å². The average molecular weight is 367 g/mol. The number of carbonyl (C=O) groups is 1. The molecule has 6 heteroatoms. The highest BCUT2D eigenvalue weighted by Crippen LogP contribution is 2.27. The third kappa shape index (κ3) is 5.51. The zero-order valence-corrected chi connectivity index (χ0v) is 15.8. The fraction of sp³-hybridized carbons (Fsp3) is 0.737. The van der Waals surface area contributed by atoms with Crippen molar-refractivity contribution in [2.24, 2.45) is 0 Å². The van der Waals surface area contributed by atoms with Crippen LogP contribution in [0.25, 0.3) is 0 Å². The van der Waals surface area contributed by atoms with Gasteiger partial charge in [0.2, 0.25) is 0 Å². The Hall–Kier alpha value is -0.950. The molecular weight excluding hydrogens is 336 g/mol. The van der Waals surface area contributed by atoms with Gasteiger partial charge in [-0.25, -0.2) is 4.79 Å². The van der Waals surface area contributed by atoms with Gasteiger partial charge in [-0.2, -0.15) is 0 Å². The Balaban J connectivity index is 1.53. The molecule has 0 saturated carbocycles. The van der Waals surface area contributed by atoms with Gasteiger partial charge < -0.3 is 9.84 Å². The summed E-state index contributed by atoms with van der Waals surface area (Å²) in [5.74, 6) is -0.326. The summed E-state index contributed by atoms with van der Waals surface area (Å²) in [4.78, 5) is 18.2. The molecule has 140 valence electrons. The summed E-state index contributed by atoms with van der Waals surface area (Å²) in [5.41, 5.74) is 0. The fourth-order valence-electron chi connectivity index (χ4n) is 3.75. The van der Waals surface area contributed by atoms with E-state index >= 15 is 0 Å². The van der Waals surface area contributed by atoms with Crippen LogP contribution >= 0.6 is 11.3 Å². The molecule has 3 rings (SSSR count). The summed E-state index contributed by atoms with van der Waals surface area (Å²) in [7, 11) is 0. The summed E-state index contributed by atoms with van der Waals surface area (Å²) in [5, 5.41) is 10.3. The lowest BCUT2D eigenvalue weighted by atomic mass is 10.1. The number of ether oxygens (including phenoxy) is 1. The first kappa shape index (κ1) is 18.8. The molecule has 0 aliphatic carbocycles. The van der Waals surface area contributed by atoms with E-state index in [1.807, 2.05) is 6.07 Å². The maximum absolute atomic E-state index is 12.5. The molecule has 2 fully saturated rings. The number of likely N-dealkylation sites (tertiary alicyclic amines) is 2. The quantitative estimate of drug-likeness (QED) is 0.785. The summed E-state index contributed by atoms with van der Waals surface area (Å²) in [6.07, 6.45) is 8.61. The van der Waals surface area contributed by atoms with Crippen molar-refractivity contribution in [1.29, 1.82) is 0 Å². The Bertz CT molecular complexity index is 535. The minimum absolute atomic E-state index is 0.176. The Morgan fingerprint density at radius 2 is 1.68 bits per heavy atom. The number of hydrogen-bond donors (Lipinski definition) is 1. The molecule has 2 aliphatic rings. The predicted molar refractivity (Wildman–Crippen MR) is 100.0 cm³/mol. The predicted octanol–water partition coefficient (Wildman–Crippen LogP) is 2.88. The molecule has 0 bridgehead atoms. The zero-order chi connectivity index (χ0) is 17.5. The lowest BCUT2D eigenvalue weighted by Crippen LogP contribution is -2.47. The second kappa shape index (κ2) is 9.67. The molecule has 0 aromatic carbocycles. The van der Waals surface area contributed by atoms with Gasteiger partial charge in [0.1, 0.15) is 6.04 Å². The highest BCUT2D eigenvalue weighted by atomic mass is 32.1. The molecule has 1 atom stereocenters. The highest BCUT2D eigenvalue weighted by molar-refractivity contribution is 7.13. The molecule has 0 amide bonds. The van der Waals surface area contributed by atoms with Gasteiger partial charge in [0, 0.05) is 11.4 Å². The number of rotatable bonds is 6. The number of hydrogen-bond acceptors (Lipinski definition) is 6. The highest BCUT2D eigenvalue weighted by Gasteiger charge is 2.28. The van der Waals surface area contributed by atoms with Crippen molar-refractivity contribution in [3.05, 3.63) is 17.0 Å². The van der Waals surface area contributed by atoms with E-state index in [0.717, 1.165) is 45.6 Å². The Kier molecular flexibility index (Phi) is 7.28. The van der Waals surface area contributed by atoms with Crippen molar-refractivity contribution < 1.29 is 14.6 Å². The van der Waals surface area contributed by atoms with Crippen LogP contribution in [0.1, 0.15) is 49.8 Å². The normalized spacial score (nSPS) is 21.6. The van der Waals surface area contributed by atoms with E-state index in [9.17, 15) is 9.90 Å². The van der Waals surface area contributed by atoms with Crippen LogP contribution in [0.5, 0.6) is 5.06 Å². The maximum atomic E-state index is 12.5. The van der Waals surface area contributed by atoms with Crippen LogP contribution in [0, 0.1) is 0 Å². The number of aliphatic hydroxyl groups is 1. The molecular formula is C19H30N2O3S. The molecule has 0 spiro atoms. The molecule has 2 aliphatic heterocycles. The molecule has 1 N–H and O–H groups in total. The second-order valence-electron chi connectivity index (χ2n) is 7.13. The van der Waals surface area contributed by atoms with Crippen molar-refractivity contribution in [3.63, 3.8) is 0 Å². The molecule has 2 saturated heterocycles. The minimum atomic E-state index is -0.531. The van der Waals surface area contributed by atoms with E-state index < -0.39 is 6.04 Å². The number of nitrogens with zero attached hydrogens (tertiary/aromatic N) is 2. The lowest BCUT2D eigenvalue weighted by Gasteiger charge is -2.31. The monoisotopic (exact) mass is 366 g/mol. The van der Waals surface area contributed by atoms with Crippen LogP contribution in [-0.2, 0) is 11.3 Å². The van der Waals surface area contributed by atoms with Gasteiger partial charge in [0.25, 0.3) is 0 Å². The number of thiophene rings is 1. The molecule has 1 aromatic heterocycles. The summed E-state index contributed by atoms with van der Waals surface area (Å²) < 4.78 is 5.57. The first-order chi connectivity index (χ1) is 12.3. The van der Waals surface area contributed by atoms with Crippen molar-refractivity contribution >= 4 is 17.3 Å². The number of piperidine rings is 1. The first-order valence-corrected chi connectivity index (χ1v) is 10.5. The molecule has 1 unspecified atom stereocenters. The minimum Gasteiger partial charge on any atom is -0.414 e. The summed E-state index contributed by atoms with van der Waals surface area (Å²) >= 11 is 1.55. The van der Waals surface area contributed by atoms with E-state index in [1.165, 1.54) is 37.0 Å². The van der Waals surface area contributed by atoms with Crippen molar-refractivity contribution in [1.82, 2.24) is 9.80 Å². The molecule has 5 nitrogen and oxygen atoms in total. The van der Waals surface area contributed by atoms with E-state index in [-0.39, 0.29) is 12.6 Å². The SMILES string of the molecule is O=C(Oc1ccc(CN2CCCCCC2)s1)C(CO)N1CCCCC1. The van der Waals surface area contributed by atoms with E-state index in [1.54, 1.807) is 11.3 Å². The van der Waals surface area contributed by atoms with Crippen LogP contribution in [-0.4, -0.2) is 59.7 Å². The number of aliphatic hydroxyl groups excluding tert-OH is 1. The van der Waals surface area contributed by atoms with Gasteiger partial charge >= 0.3 is 5.97 Å². The van der Waals surface area contributed by atoms with E-state index in [2.05, 4.69) is 15.9 Å². The fourth-order valence-corrected chi connectivity index (χ4v) is 4.65. The molecule has 3 heterocycles. The van der Waals surface area contributed by atoms with Crippen molar-refractivity contribution in [2.45, 2.75) is 57.5 Å². The average Bonchev–Trinajstić information content (AvgIpc) is 2.89. The Labute approximate surface area is 154 Å². The summed E-state index contributed by atoms with van der Waals surface area (Å²) in [6, 6.07) is 3.42. The van der Waals surface area contributed by atoms with Crippen molar-refractivity contribution in [2.75, 3.05) is 32.8 Å².